The molecule has 0 spiro atoms. The first-order chi connectivity index (χ1) is 10.2. The van der Waals surface area contributed by atoms with Crippen LogP contribution in [0, 0.1) is 0 Å². The summed E-state index contributed by atoms with van der Waals surface area (Å²) < 4.78 is 0. The zero-order chi connectivity index (χ0) is 15.1. The van der Waals surface area contributed by atoms with E-state index in [1.54, 1.807) is 12.1 Å². The molecule has 1 aliphatic heterocycles. The number of benzene rings is 1. The van der Waals surface area contributed by atoms with E-state index in [1.807, 2.05) is 12.1 Å². The number of hydrogen-bond donors (Lipinski definition) is 1. The third-order valence-corrected chi connectivity index (χ3v) is 4.17. The highest BCUT2D eigenvalue weighted by atomic mass is 16.4. The molecule has 1 fully saturated rings. The first-order valence-corrected chi connectivity index (χ1v) is 7.96. The second-order valence-electron chi connectivity index (χ2n) is 5.78. The molecule has 0 atom stereocenters. The van der Waals surface area contributed by atoms with Crippen LogP contribution in [-0.4, -0.2) is 53.6 Å². The Kier molecular flexibility index (Phi) is 6.21. The first kappa shape index (κ1) is 16.0. The molecule has 0 aromatic heterocycles. The summed E-state index contributed by atoms with van der Waals surface area (Å²) in [6, 6.07) is 7.27. The van der Waals surface area contributed by atoms with Crippen molar-refractivity contribution in [3.05, 3.63) is 35.4 Å². The second kappa shape index (κ2) is 8.15. The third-order valence-electron chi connectivity index (χ3n) is 4.17. The van der Waals surface area contributed by atoms with E-state index in [1.165, 1.54) is 38.9 Å². The van der Waals surface area contributed by atoms with Gasteiger partial charge in [0.25, 0.3) is 0 Å². The van der Waals surface area contributed by atoms with Crippen molar-refractivity contribution in [1.82, 2.24) is 9.80 Å². The molecule has 1 aromatic rings. The number of rotatable bonds is 8. The van der Waals surface area contributed by atoms with Gasteiger partial charge in [-0.25, -0.2) is 4.79 Å². The predicted octanol–water partition coefficient (Wildman–Crippen LogP) is 2.69. The molecule has 4 heteroatoms. The standard InChI is InChI=1S/C17H26N2O2/c1-2-18(11-6-12-19-9-3-4-10-19)14-15-7-5-8-16(13-15)17(20)21/h5,7-8,13H,2-4,6,9-12,14H2,1H3,(H,20,21). The smallest absolute Gasteiger partial charge is 0.335 e. The van der Waals surface area contributed by atoms with E-state index in [0.29, 0.717) is 5.56 Å². The number of hydrogen-bond acceptors (Lipinski definition) is 3. The quantitative estimate of drug-likeness (QED) is 0.799. The summed E-state index contributed by atoms with van der Waals surface area (Å²) in [6.07, 6.45) is 3.88. The number of nitrogens with zero attached hydrogens (tertiary/aromatic N) is 2. The molecule has 0 aliphatic carbocycles. The Morgan fingerprint density at radius 3 is 2.76 bits per heavy atom. The predicted molar refractivity (Wildman–Crippen MR) is 84.6 cm³/mol. The van der Waals surface area contributed by atoms with Crippen LogP contribution >= 0.6 is 0 Å². The molecule has 0 saturated carbocycles. The van der Waals surface area contributed by atoms with Crippen molar-refractivity contribution >= 4 is 5.97 Å². The molecule has 0 bridgehead atoms. The van der Waals surface area contributed by atoms with Gasteiger partial charge in [0.05, 0.1) is 5.56 Å². The number of carboxylic acid groups (broad SMARTS) is 1. The van der Waals surface area contributed by atoms with Crippen LogP contribution in [0.15, 0.2) is 24.3 Å². The van der Waals surface area contributed by atoms with Crippen LogP contribution in [0.5, 0.6) is 0 Å². The van der Waals surface area contributed by atoms with Crippen molar-refractivity contribution in [2.45, 2.75) is 32.7 Å². The van der Waals surface area contributed by atoms with Crippen molar-refractivity contribution < 1.29 is 9.90 Å². The third kappa shape index (κ3) is 5.14. The lowest BCUT2D eigenvalue weighted by Gasteiger charge is -2.22. The van der Waals surface area contributed by atoms with Crippen LogP contribution in [0.3, 0.4) is 0 Å². The molecule has 2 rings (SSSR count). The number of carboxylic acids is 1. The van der Waals surface area contributed by atoms with Gasteiger partial charge >= 0.3 is 5.97 Å². The van der Waals surface area contributed by atoms with Crippen LogP contribution < -0.4 is 0 Å². The topological polar surface area (TPSA) is 43.8 Å². The molecular formula is C17H26N2O2. The average molecular weight is 290 g/mol. The average Bonchev–Trinajstić information content (AvgIpc) is 2.99. The molecular weight excluding hydrogens is 264 g/mol. The summed E-state index contributed by atoms with van der Waals surface area (Å²) >= 11 is 0. The molecule has 0 unspecified atom stereocenters. The van der Waals surface area contributed by atoms with Gasteiger partial charge < -0.3 is 10.0 Å². The van der Waals surface area contributed by atoms with Gasteiger partial charge in [-0.2, -0.15) is 0 Å². The molecule has 1 heterocycles. The van der Waals surface area contributed by atoms with E-state index in [-0.39, 0.29) is 0 Å². The Bertz CT molecular complexity index is 456. The summed E-state index contributed by atoms with van der Waals surface area (Å²) in [7, 11) is 0. The van der Waals surface area contributed by atoms with Crippen LogP contribution in [-0.2, 0) is 6.54 Å². The van der Waals surface area contributed by atoms with E-state index in [9.17, 15) is 4.79 Å². The SMILES string of the molecule is CCN(CCCN1CCCC1)Cc1cccc(C(=O)O)c1. The van der Waals surface area contributed by atoms with Crippen molar-refractivity contribution in [3.63, 3.8) is 0 Å². The Labute approximate surface area is 127 Å². The van der Waals surface area contributed by atoms with E-state index in [0.717, 1.165) is 25.2 Å². The summed E-state index contributed by atoms with van der Waals surface area (Å²) in [5.41, 5.74) is 1.46. The van der Waals surface area contributed by atoms with Crippen molar-refractivity contribution in [1.29, 1.82) is 0 Å². The molecule has 1 N–H and O–H groups in total. The minimum atomic E-state index is -0.853. The van der Waals surface area contributed by atoms with E-state index >= 15 is 0 Å². The van der Waals surface area contributed by atoms with Gasteiger partial charge in [-0.3, -0.25) is 4.90 Å². The minimum Gasteiger partial charge on any atom is -0.478 e. The van der Waals surface area contributed by atoms with Gasteiger partial charge in [0, 0.05) is 6.54 Å². The largest absolute Gasteiger partial charge is 0.478 e. The van der Waals surface area contributed by atoms with Crippen molar-refractivity contribution in [2.24, 2.45) is 0 Å². The van der Waals surface area contributed by atoms with Crippen molar-refractivity contribution in [2.75, 3.05) is 32.7 Å². The zero-order valence-electron chi connectivity index (χ0n) is 12.9. The van der Waals surface area contributed by atoms with E-state index in [2.05, 4.69) is 16.7 Å². The van der Waals surface area contributed by atoms with Crippen LogP contribution in [0.2, 0.25) is 0 Å². The zero-order valence-corrected chi connectivity index (χ0v) is 12.9. The minimum absolute atomic E-state index is 0.376. The maximum absolute atomic E-state index is 11.0. The van der Waals surface area contributed by atoms with E-state index in [4.69, 9.17) is 5.11 Å². The Morgan fingerprint density at radius 1 is 1.33 bits per heavy atom. The normalized spacial score (nSPS) is 15.7. The second-order valence-corrected chi connectivity index (χ2v) is 5.78. The van der Waals surface area contributed by atoms with Crippen LogP contribution in [0.1, 0.15) is 42.1 Å². The number of aromatic carboxylic acids is 1. The molecule has 116 valence electrons. The molecule has 1 saturated heterocycles. The Hall–Kier alpha value is -1.39. The van der Waals surface area contributed by atoms with Crippen LogP contribution in [0.25, 0.3) is 0 Å². The fourth-order valence-corrected chi connectivity index (χ4v) is 2.93. The van der Waals surface area contributed by atoms with Crippen molar-refractivity contribution in [3.8, 4) is 0 Å². The molecule has 1 aromatic carbocycles. The Balaban J connectivity index is 1.80. The fourth-order valence-electron chi connectivity index (χ4n) is 2.93. The van der Waals surface area contributed by atoms with E-state index < -0.39 is 5.97 Å². The van der Waals surface area contributed by atoms with Gasteiger partial charge in [-0.15, -0.1) is 0 Å². The summed E-state index contributed by atoms with van der Waals surface area (Å²) in [6.45, 7) is 8.77. The Morgan fingerprint density at radius 2 is 2.10 bits per heavy atom. The summed E-state index contributed by atoms with van der Waals surface area (Å²) in [5.74, 6) is -0.853. The maximum atomic E-state index is 11.0. The van der Waals surface area contributed by atoms with Gasteiger partial charge in [0.2, 0.25) is 0 Å². The lowest BCUT2D eigenvalue weighted by Crippen LogP contribution is -2.28. The highest BCUT2D eigenvalue weighted by Gasteiger charge is 2.12. The summed E-state index contributed by atoms with van der Waals surface area (Å²) in [5, 5.41) is 9.04. The lowest BCUT2D eigenvalue weighted by atomic mass is 10.1. The van der Waals surface area contributed by atoms with Gasteiger partial charge in [0.1, 0.15) is 0 Å². The lowest BCUT2D eigenvalue weighted by molar-refractivity contribution is 0.0696. The highest BCUT2D eigenvalue weighted by Crippen LogP contribution is 2.11. The molecule has 4 nitrogen and oxygen atoms in total. The summed E-state index contributed by atoms with van der Waals surface area (Å²) in [4.78, 5) is 15.9. The monoisotopic (exact) mass is 290 g/mol. The fraction of sp³-hybridized carbons (Fsp3) is 0.588. The van der Waals surface area contributed by atoms with Crippen LogP contribution in [0.4, 0.5) is 0 Å². The van der Waals surface area contributed by atoms with Gasteiger partial charge in [-0.05, 0) is 69.7 Å². The number of likely N-dealkylation sites (tertiary alicyclic amines) is 1. The van der Waals surface area contributed by atoms with Gasteiger partial charge in [-0.1, -0.05) is 19.1 Å². The molecule has 21 heavy (non-hydrogen) atoms. The molecule has 1 aliphatic rings. The number of carbonyl (C=O) groups is 1. The molecule has 0 amide bonds. The first-order valence-electron chi connectivity index (χ1n) is 7.96. The maximum Gasteiger partial charge on any atom is 0.335 e. The van der Waals surface area contributed by atoms with Gasteiger partial charge in [0.15, 0.2) is 0 Å². The highest BCUT2D eigenvalue weighted by molar-refractivity contribution is 5.87. The molecule has 0 radical (unpaired) electrons.